The lowest BCUT2D eigenvalue weighted by atomic mass is 9.87. The van der Waals surface area contributed by atoms with Crippen LogP contribution in [0.2, 0.25) is 0 Å². The number of aliphatic hydroxyl groups is 1. The van der Waals surface area contributed by atoms with Crippen LogP contribution in [0.15, 0.2) is 36.5 Å². The molecule has 2 N–H and O–H groups in total. The van der Waals surface area contributed by atoms with Crippen molar-refractivity contribution in [3.63, 3.8) is 0 Å². The Morgan fingerprint density at radius 3 is 2.37 bits per heavy atom. The predicted octanol–water partition coefficient (Wildman–Crippen LogP) is 0.871. The average molecular weight is 493 g/mol. The lowest BCUT2D eigenvalue weighted by Crippen LogP contribution is -2.63. The summed E-state index contributed by atoms with van der Waals surface area (Å²) in [6, 6.07) is 0. The van der Waals surface area contributed by atoms with E-state index in [0.29, 0.717) is 25.9 Å². The Labute approximate surface area is 203 Å². The van der Waals surface area contributed by atoms with Crippen molar-refractivity contribution in [3.05, 3.63) is 36.5 Å². The van der Waals surface area contributed by atoms with Gasteiger partial charge in [-0.25, -0.2) is 0 Å². The van der Waals surface area contributed by atoms with Gasteiger partial charge in [-0.3, -0.25) is 4.79 Å². The first kappa shape index (κ1) is 23.7. The van der Waals surface area contributed by atoms with E-state index in [1.807, 2.05) is 36.5 Å². The molecule has 6 aliphatic rings. The van der Waals surface area contributed by atoms with E-state index in [-0.39, 0.29) is 55.8 Å². The van der Waals surface area contributed by atoms with Crippen LogP contribution >= 0.6 is 0 Å². The maximum atomic E-state index is 11.1. The van der Waals surface area contributed by atoms with Crippen molar-refractivity contribution in [2.45, 2.75) is 99.1 Å². The lowest BCUT2D eigenvalue weighted by Gasteiger charge is -2.49. The molecule has 4 unspecified atom stereocenters. The molecule has 10 nitrogen and oxygen atoms in total. The Balaban J connectivity index is 1.15. The maximum Gasteiger partial charge on any atom is 0.308 e. The van der Waals surface area contributed by atoms with Crippen LogP contribution < -0.4 is 0 Å². The van der Waals surface area contributed by atoms with E-state index in [2.05, 4.69) is 0 Å². The van der Waals surface area contributed by atoms with Crippen LogP contribution in [0, 0.1) is 0 Å². The molecule has 0 spiro atoms. The number of aliphatic hydroxyl groups excluding tert-OH is 1. The highest BCUT2D eigenvalue weighted by Crippen LogP contribution is 2.38. The van der Waals surface area contributed by atoms with Gasteiger partial charge in [0.15, 0.2) is 6.29 Å². The van der Waals surface area contributed by atoms with Crippen LogP contribution in [0.25, 0.3) is 0 Å². The third kappa shape index (κ3) is 4.86. The minimum atomic E-state index is -0.973. The first-order chi connectivity index (χ1) is 17.0. The summed E-state index contributed by atoms with van der Waals surface area (Å²) in [6.07, 6.45) is 8.58. The number of hydrogen-bond acceptors (Lipinski definition) is 9. The third-order valence-corrected chi connectivity index (χ3v) is 7.52. The third-order valence-electron chi connectivity index (χ3n) is 7.52. The molecule has 0 amide bonds. The number of fused-ring (bicyclic) bond motifs is 5. The van der Waals surface area contributed by atoms with Gasteiger partial charge in [-0.2, -0.15) is 0 Å². The van der Waals surface area contributed by atoms with Gasteiger partial charge in [-0.15, -0.1) is 0 Å². The second-order valence-corrected chi connectivity index (χ2v) is 9.87. The molecule has 0 aromatic heterocycles. The highest BCUT2D eigenvalue weighted by Gasteiger charge is 2.52. The van der Waals surface area contributed by atoms with E-state index >= 15 is 0 Å². The van der Waals surface area contributed by atoms with Gasteiger partial charge in [0, 0.05) is 6.42 Å². The van der Waals surface area contributed by atoms with Crippen molar-refractivity contribution in [3.8, 4) is 0 Å². The minimum absolute atomic E-state index is 0.208. The zero-order valence-electron chi connectivity index (χ0n) is 19.3. The molecule has 6 rings (SSSR count). The second kappa shape index (κ2) is 10.0. The molecule has 0 radical (unpaired) electrons. The van der Waals surface area contributed by atoms with Crippen LogP contribution in [0.4, 0.5) is 0 Å². The quantitative estimate of drug-likeness (QED) is 0.537. The molecule has 0 aliphatic carbocycles. The van der Waals surface area contributed by atoms with Crippen molar-refractivity contribution in [2.24, 2.45) is 0 Å². The number of rotatable bonds is 2. The van der Waals surface area contributed by atoms with Crippen LogP contribution in [0.5, 0.6) is 0 Å². The van der Waals surface area contributed by atoms with Crippen LogP contribution in [-0.4, -0.2) is 103 Å². The maximum absolute atomic E-state index is 11.1. The lowest BCUT2D eigenvalue weighted by molar-refractivity contribution is -0.289. The molecule has 10 heteroatoms. The van der Waals surface area contributed by atoms with E-state index in [1.165, 1.54) is 0 Å². The summed E-state index contributed by atoms with van der Waals surface area (Å²) in [5, 5.41) is 20.1. The fourth-order valence-corrected chi connectivity index (χ4v) is 5.81. The van der Waals surface area contributed by atoms with Crippen molar-refractivity contribution in [1.82, 2.24) is 0 Å². The Morgan fingerprint density at radius 2 is 1.51 bits per heavy atom. The first-order valence-corrected chi connectivity index (χ1v) is 12.5. The van der Waals surface area contributed by atoms with Gasteiger partial charge in [0.25, 0.3) is 0 Å². The van der Waals surface area contributed by atoms with Crippen LogP contribution in [0.1, 0.15) is 25.7 Å². The topological polar surface area (TPSA) is 122 Å². The summed E-state index contributed by atoms with van der Waals surface area (Å²) >= 11 is 0. The Bertz CT molecular complexity index is 872. The highest BCUT2D eigenvalue weighted by atomic mass is 16.7. The van der Waals surface area contributed by atoms with E-state index in [0.717, 1.165) is 0 Å². The standard InChI is InChI=1S/C25H32O10/c26-21(27)11-22-30-12-20-14(34-22)6-3-5-13-15(32-20)7-8-16-18(31-13)10-19-25(35-16)23(28)24-17(33-19)4-1-2-9-29-24/h1-3,6-8,13-20,22-25,28H,4-5,9-12H2,(H,26,27)/t13-,14+,15?,16?,17+,18+,19-,20-,22?,23-,24+,25?/m1/s1. The second-order valence-electron chi connectivity index (χ2n) is 9.87. The normalized spacial score (nSPS) is 49.1. The molecule has 0 bridgehead atoms. The molecule has 3 saturated heterocycles. The molecule has 3 fully saturated rings. The number of ether oxygens (including phenoxy) is 7. The van der Waals surface area contributed by atoms with Crippen molar-refractivity contribution < 1.29 is 48.2 Å². The predicted molar refractivity (Wildman–Crippen MR) is 119 cm³/mol. The van der Waals surface area contributed by atoms with E-state index in [9.17, 15) is 9.90 Å². The number of aliphatic carboxylic acids is 1. The molecule has 192 valence electrons. The van der Waals surface area contributed by atoms with Gasteiger partial charge in [0.05, 0.1) is 44.1 Å². The number of carboxylic acids is 1. The van der Waals surface area contributed by atoms with Crippen molar-refractivity contribution >= 4 is 5.97 Å². The minimum Gasteiger partial charge on any atom is -0.481 e. The monoisotopic (exact) mass is 492 g/mol. The fourth-order valence-electron chi connectivity index (χ4n) is 5.81. The van der Waals surface area contributed by atoms with Gasteiger partial charge >= 0.3 is 5.97 Å². The number of carboxylic acid groups (broad SMARTS) is 1. The number of carbonyl (C=O) groups is 1. The van der Waals surface area contributed by atoms with Gasteiger partial charge in [-0.1, -0.05) is 36.5 Å². The molecular formula is C25H32O10. The summed E-state index contributed by atoms with van der Waals surface area (Å²) in [7, 11) is 0. The van der Waals surface area contributed by atoms with Gasteiger partial charge in [0.1, 0.15) is 42.7 Å². The fraction of sp³-hybridized carbons (Fsp3) is 0.720. The van der Waals surface area contributed by atoms with Crippen LogP contribution in [-0.2, 0) is 38.0 Å². The Kier molecular flexibility index (Phi) is 6.80. The van der Waals surface area contributed by atoms with E-state index < -0.39 is 36.7 Å². The molecule has 35 heavy (non-hydrogen) atoms. The smallest absolute Gasteiger partial charge is 0.308 e. The Hall–Kier alpha value is -1.63. The zero-order chi connectivity index (χ0) is 23.9. The first-order valence-electron chi connectivity index (χ1n) is 12.5. The SMILES string of the molecule is O=C(O)CC1OC[C@H]2OC3C=CC4OC5[C@@H](C[C@@H]4O[C@@H]3CC=C[C@@H]2O1)O[C@H]1CC=CCO[C@@H]1[C@H]5O. The van der Waals surface area contributed by atoms with Crippen LogP contribution in [0.3, 0.4) is 0 Å². The summed E-state index contributed by atoms with van der Waals surface area (Å²) in [5.41, 5.74) is 0. The van der Waals surface area contributed by atoms with Gasteiger partial charge in [0.2, 0.25) is 0 Å². The molecule has 0 aromatic carbocycles. The highest BCUT2D eigenvalue weighted by molar-refractivity contribution is 5.67. The Morgan fingerprint density at radius 1 is 0.743 bits per heavy atom. The zero-order valence-corrected chi connectivity index (χ0v) is 19.3. The summed E-state index contributed by atoms with van der Waals surface area (Å²) < 4.78 is 42.8. The summed E-state index contributed by atoms with van der Waals surface area (Å²) in [4.78, 5) is 11.0. The van der Waals surface area contributed by atoms with Crippen molar-refractivity contribution in [2.75, 3.05) is 13.2 Å². The largest absolute Gasteiger partial charge is 0.481 e. The molecule has 0 saturated carbocycles. The van der Waals surface area contributed by atoms with E-state index in [4.69, 9.17) is 38.3 Å². The number of hydrogen-bond donors (Lipinski definition) is 2. The van der Waals surface area contributed by atoms with Gasteiger partial charge < -0.3 is 43.4 Å². The summed E-state index contributed by atoms with van der Waals surface area (Å²) in [6.45, 7) is 0.684. The molecule has 6 aliphatic heterocycles. The summed E-state index contributed by atoms with van der Waals surface area (Å²) in [5.74, 6) is -0.973. The molecule has 6 heterocycles. The van der Waals surface area contributed by atoms with Crippen molar-refractivity contribution in [1.29, 1.82) is 0 Å². The molecule has 0 aromatic rings. The van der Waals surface area contributed by atoms with Gasteiger partial charge in [-0.05, 0) is 12.8 Å². The molecule has 12 atom stereocenters. The molecular weight excluding hydrogens is 460 g/mol. The van der Waals surface area contributed by atoms with E-state index in [1.54, 1.807) is 0 Å². The average Bonchev–Trinajstić information content (AvgIpc) is 3.15.